The Morgan fingerprint density at radius 1 is 1.42 bits per heavy atom. The van der Waals surface area contributed by atoms with Crippen LogP contribution in [-0.4, -0.2) is 16.5 Å². The molecule has 1 aromatic rings. The lowest BCUT2D eigenvalue weighted by Crippen LogP contribution is -1.86. The first kappa shape index (κ1) is 8.87. The van der Waals surface area contributed by atoms with Crippen LogP contribution < -0.4 is 0 Å². The Labute approximate surface area is 74.2 Å². The first-order valence-corrected chi connectivity index (χ1v) is 3.67. The van der Waals surface area contributed by atoms with Crippen LogP contribution in [0.15, 0.2) is 12.1 Å². The molecule has 0 aliphatic heterocycles. The molecule has 0 fully saturated rings. The van der Waals surface area contributed by atoms with Crippen molar-refractivity contribution in [3.63, 3.8) is 0 Å². The molecule has 0 saturated heterocycles. The van der Waals surface area contributed by atoms with Crippen LogP contribution in [0, 0.1) is 0 Å². The third-order valence-electron chi connectivity index (χ3n) is 1.48. The van der Waals surface area contributed by atoms with Crippen molar-refractivity contribution in [2.24, 2.45) is 0 Å². The molecule has 0 saturated carbocycles. The topological polar surface area (TPSA) is 57.5 Å². The molecule has 12 heavy (non-hydrogen) atoms. The van der Waals surface area contributed by atoms with E-state index in [1.807, 2.05) is 0 Å². The van der Waals surface area contributed by atoms with Crippen molar-refractivity contribution in [3.05, 3.63) is 22.7 Å². The smallest absolute Gasteiger partial charge is 0.141 e. The van der Waals surface area contributed by atoms with Crippen molar-refractivity contribution < 1.29 is 15.0 Å². The first-order chi connectivity index (χ1) is 5.66. The van der Waals surface area contributed by atoms with E-state index >= 15 is 0 Å². The fraction of sp³-hybridized carbons (Fsp3) is 0.125. The summed E-state index contributed by atoms with van der Waals surface area (Å²) < 4.78 is 0. The summed E-state index contributed by atoms with van der Waals surface area (Å²) in [6.45, 7) is 0. The van der Waals surface area contributed by atoms with E-state index in [1.54, 1.807) is 0 Å². The van der Waals surface area contributed by atoms with E-state index in [0.717, 1.165) is 0 Å². The number of aldehydes is 1. The predicted molar refractivity (Wildman–Crippen MR) is 44.5 cm³/mol. The van der Waals surface area contributed by atoms with E-state index in [4.69, 9.17) is 16.7 Å². The molecule has 0 aromatic heterocycles. The van der Waals surface area contributed by atoms with Gasteiger partial charge in [0.05, 0.1) is 0 Å². The minimum absolute atomic E-state index is 0.0891. The monoisotopic (exact) mass is 186 g/mol. The van der Waals surface area contributed by atoms with Crippen LogP contribution in [0.4, 0.5) is 0 Å². The minimum atomic E-state index is -0.233. The zero-order chi connectivity index (χ0) is 9.14. The lowest BCUT2D eigenvalue weighted by atomic mass is 10.1. The maximum atomic E-state index is 10.1. The largest absolute Gasteiger partial charge is 0.506 e. The zero-order valence-corrected chi connectivity index (χ0v) is 6.88. The van der Waals surface area contributed by atoms with Gasteiger partial charge in [-0.2, -0.15) is 0 Å². The van der Waals surface area contributed by atoms with Crippen LogP contribution >= 0.6 is 11.6 Å². The maximum Gasteiger partial charge on any atom is 0.141 e. The van der Waals surface area contributed by atoms with Crippen molar-refractivity contribution in [3.8, 4) is 11.5 Å². The average Bonchev–Trinajstić information content (AvgIpc) is 2.07. The molecule has 64 valence electrons. The summed E-state index contributed by atoms with van der Waals surface area (Å²) in [6, 6.07) is 2.78. The Morgan fingerprint density at radius 2 is 2.08 bits per heavy atom. The van der Waals surface area contributed by atoms with Crippen LogP contribution in [0.5, 0.6) is 11.5 Å². The number of hydrogen-bond donors (Lipinski definition) is 2. The van der Waals surface area contributed by atoms with Gasteiger partial charge in [-0.25, -0.2) is 0 Å². The summed E-state index contributed by atoms with van der Waals surface area (Å²) in [5.41, 5.74) is 0.410. The number of carbonyl (C=O) groups excluding carboxylic acids is 1. The normalized spacial score (nSPS) is 9.75. The summed E-state index contributed by atoms with van der Waals surface area (Å²) in [5.74, 6) is -0.424. The third kappa shape index (κ3) is 1.51. The molecule has 0 heterocycles. The quantitative estimate of drug-likeness (QED) is 0.688. The minimum Gasteiger partial charge on any atom is -0.506 e. The van der Waals surface area contributed by atoms with Gasteiger partial charge in [0.15, 0.2) is 0 Å². The molecule has 0 aliphatic carbocycles. The Balaban J connectivity index is 3.16. The highest BCUT2D eigenvalue weighted by Crippen LogP contribution is 2.34. The molecule has 3 nitrogen and oxygen atoms in total. The second-order valence-electron chi connectivity index (χ2n) is 2.28. The fourth-order valence-corrected chi connectivity index (χ4v) is 1.03. The molecule has 0 atom stereocenters. The van der Waals surface area contributed by atoms with E-state index in [-0.39, 0.29) is 22.9 Å². The van der Waals surface area contributed by atoms with Crippen molar-refractivity contribution in [2.75, 3.05) is 0 Å². The van der Waals surface area contributed by atoms with Gasteiger partial charge in [-0.15, -0.1) is 0 Å². The van der Waals surface area contributed by atoms with Crippen LogP contribution in [-0.2, 0) is 11.2 Å². The lowest BCUT2D eigenvalue weighted by molar-refractivity contribution is -0.107. The van der Waals surface area contributed by atoms with E-state index < -0.39 is 0 Å². The molecule has 0 amide bonds. The lowest BCUT2D eigenvalue weighted by Gasteiger charge is -2.03. The fourth-order valence-electron chi connectivity index (χ4n) is 0.848. The first-order valence-electron chi connectivity index (χ1n) is 3.29. The number of benzene rings is 1. The third-order valence-corrected chi connectivity index (χ3v) is 1.86. The van der Waals surface area contributed by atoms with Gasteiger partial charge in [-0.1, -0.05) is 17.7 Å². The summed E-state index contributed by atoms with van der Waals surface area (Å²) in [6.07, 6.45) is 0.744. The molecule has 0 bridgehead atoms. The van der Waals surface area contributed by atoms with Gasteiger partial charge in [0.1, 0.15) is 22.8 Å². The van der Waals surface area contributed by atoms with E-state index in [2.05, 4.69) is 0 Å². The van der Waals surface area contributed by atoms with Gasteiger partial charge >= 0.3 is 0 Å². The van der Waals surface area contributed by atoms with Crippen molar-refractivity contribution in [1.82, 2.24) is 0 Å². The van der Waals surface area contributed by atoms with Crippen LogP contribution in [0.1, 0.15) is 5.56 Å². The molecular weight excluding hydrogens is 180 g/mol. The van der Waals surface area contributed by atoms with Crippen LogP contribution in [0.2, 0.25) is 5.02 Å². The SMILES string of the molecule is O=CCc1ccc(O)c(Cl)c1O. The second-order valence-corrected chi connectivity index (χ2v) is 2.66. The van der Waals surface area contributed by atoms with Crippen molar-refractivity contribution in [1.29, 1.82) is 0 Å². The molecule has 1 aromatic carbocycles. The number of phenols is 2. The number of hydrogen-bond acceptors (Lipinski definition) is 3. The number of carbonyl (C=O) groups is 1. The highest BCUT2D eigenvalue weighted by Gasteiger charge is 2.08. The maximum absolute atomic E-state index is 10.1. The van der Waals surface area contributed by atoms with E-state index in [1.165, 1.54) is 12.1 Å². The van der Waals surface area contributed by atoms with Gasteiger partial charge in [0, 0.05) is 12.0 Å². The second kappa shape index (κ2) is 3.45. The zero-order valence-electron chi connectivity index (χ0n) is 6.12. The Bertz CT molecular complexity index is 309. The van der Waals surface area contributed by atoms with Crippen LogP contribution in [0.3, 0.4) is 0 Å². The van der Waals surface area contributed by atoms with Crippen molar-refractivity contribution in [2.45, 2.75) is 6.42 Å². The Kier molecular flexibility index (Phi) is 2.55. The molecular formula is C8H7ClO3. The Hall–Kier alpha value is -1.22. The summed E-state index contributed by atoms with van der Waals surface area (Å²) >= 11 is 5.50. The number of phenolic OH excluding ortho intramolecular Hbond substituents is 2. The molecule has 0 aliphatic rings. The standard InChI is InChI=1S/C8H7ClO3/c9-7-6(11)2-1-5(3-4-10)8(7)12/h1-2,4,11-12H,3H2. The van der Waals surface area contributed by atoms with E-state index in [0.29, 0.717) is 11.8 Å². The number of halogens is 1. The molecule has 1 rings (SSSR count). The van der Waals surface area contributed by atoms with Gasteiger partial charge in [-0.05, 0) is 6.07 Å². The van der Waals surface area contributed by atoms with Crippen LogP contribution in [0.25, 0.3) is 0 Å². The summed E-state index contributed by atoms with van der Waals surface area (Å²) in [4.78, 5) is 10.1. The summed E-state index contributed by atoms with van der Waals surface area (Å²) in [5, 5.41) is 18.2. The van der Waals surface area contributed by atoms with Crippen molar-refractivity contribution >= 4 is 17.9 Å². The van der Waals surface area contributed by atoms with E-state index in [9.17, 15) is 9.90 Å². The highest BCUT2D eigenvalue weighted by molar-refractivity contribution is 6.33. The predicted octanol–water partition coefficient (Wildman–Crippen LogP) is 1.49. The summed E-state index contributed by atoms with van der Waals surface area (Å²) in [7, 11) is 0. The van der Waals surface area contributed by atoms with Gasteiger partial charge in [-0.3, -0.25) is 0 Å². The Morgan fingerprint density at radius 3 is 2.67 bits per heavy atom. The van der Waals surface area contributed by atoms with Gasteiger partial charge in [0.25, 0.3) is 0 Å². The molecule has 4 heteroatoms. The molecule has 0 radical (unpaired) electrons. The molecule has 0 spiro atoms. The highest BCUT2D eigenvalue weighted by atomic mass is 35.5. The van der Waals surface area contributed by atoms with Gasteiger partial charge in [0.2, 0.25) is 0 Å². The molecule has 0 unspecified atom stereocenters. The van der Waals surface area contributed by atoms with Gasteiger partial charge < -0.3 is 15.0 Å². The number of aromatic hydroxyl groups is 2. The number of rotatable bonds is 2. The molecule has 2 N–H and O–H groups in total. The average molecular weight is 187 g/mol.